The maximum Gasteiger partial charge on any atom is 0.259 e. The Labute approximate surface area is 119 Å². The van der Waals surface area contributed by atoms with Crippen LogP contribution in [0.25, 0.3) is 0 Å². The van der Waals surface area contributed by atoms with Crippen molar-refractivity contribution in [3.63, 3.8) is 0 Å². The number of ether oxygens (including phenoxy) is 1. The third-order valence-electron chi connectivity index (χ3n) is 3.85. The zero-order valence-corrected chi connectivity index (χ0v) is 12.4. The molecule has 0 atom stereocenters. The van der Waals surface area contributed by atoms with Crippen LogP contribution >= 0.6 is 0 Å². The second-order valence-corrected chi connectivity index (χ2v) is 5.25. The fourth-order valence-corrected chi connectivity index (χ4v) is 2.52. The number of carbonyl (C=O) groups is 1. The van der Waals surface area contributed by atoms with Crippen molar-refractivity contribution in [1.29, 1.82) is 0 Å². The zero-order valence-electron chi connectivity index (χ0n) is 12.4. The Morgan fingerprint density at radius 1 is 1.40 bits per heavy atom. The maximum absolute atomic E-state index is 12.4. The Kier molecular flexibility index (Phi) is 4.60. The molecule has 1 saturated heterocycles. The Bertz CT molecular complexity index is 543. The fourth-order valence-electron chi connectivity index (χ4n) is 2.52. The number of amides is 1. The summed E-state index contributed by atoms with van der Waals surface area (Å²) in [7, 11) is 1.84. The van der Waals surface area contributed by atoms with Crippen molar-refractivity contribution in [3.8, 4) is 0 Å². The number of aromatic nitrogens is 1. The molecular weight excluding hydrogens is 256 g/mol. The van der Waals surface area contributed by atoms with Crippen LogP contribution in [0.3, 0.4) is 0 Å². The van der Waals surface area contributed by atoms with E-state index in [0.29, 0.717) is 19.7 Å². The van der Waals surface area contributed by atoms with Crippen molar-refractivity contribution in [3.05, 3.63) is 33.7 Å². The average Bonchev–Trinajstić information content (AvgIpc) is 2.43. The lowest BCUT2D eigenvalue weighted by atomic mass is 10.1. The van der Waals surface area contributed by atoms with E-state index in [2.05, 4.69) is 0 Å². The van der Waals surface area contributed by atoms with E-state index in [4.69, 9.17) is 4.74 Å². The summed E-state index contributed by atoms with van der Waals surface area (Å²) < 4.78 is 7.38. The van der Waals surface area contributed by atoms with Crippen molar-refractivity contribution in [2.45, 2.75) is 32.8 Å². The largest absolute Gasteiger partial charge is 0.378 e. The van der Waals surface area contributed by atoms with Gasteiger partial charge in [-0.1, -0.05) is 0 Å². The maximum atomic E-state index is 12.4. The minimum Gasteiger partial charge on any atom is -0.378 e. The van der Waals surface area contributed by atoms with Gasteiger partial charge < -0.3 is 14.2 Å². The van der Waals surface area contributed by atoms with Crippen LogP contribution < -0.4 is 5.43 Å². The number of hydrogen-bond acceptors (Lipinski definition) is 3. The number of hydrogen-bond donors (Lipinski definition) is 0. The zero-order chi connectivity index (χ0) is 14.7. The van der Waals surface area contributed by atoms with Gasteiger partial charge in [0.2, 0.25) is 0 Å². The Morgan fingerprint density at radius 2 is 2.05 bits per heavy atom. The van der Waals surface area contributed by atoms with Gasteiger partial charge in [0.05, 0.1) is 6.10 Å². The monoisotopic (exact) mass is 278 g/mol. The van der Waals surface area contributed by atoms with Crippen LogP contribution in [-0.2, 0) is 11.8 Å². The number of nitrogens with zero attached hydrogens (tertiary/aromatic N) is 2. The minimum absolute atomic E-state index is 0.166. The highest BCUT2D eigenvalue weighted by molar-refractivity contribution is 5.93. The van der Waals surface area contributed by atoms with Crippen molar-refractivity contribution in [1.82, 2.24) is 9.47 Å². The van der Waals surface area contributed by atoms with Gasteiger partial charge in [0.1, 0.15) is 5.56 Å². The number of carbonyl (C=O) groups excluding carboxylic acids is 1. The minimum atomic E-state index is -0.197. The molecule has 2 rings (SSSR count). The van der Waals surface area contributed by atoms with Gasteiger partial charge in [-0.25, -0.2) is 0 Å². The van der Waals surface area contributed by atoms with Gasteiger partial charge >= 0.3 is 0 Å². The fraction of sp³-hybridized carbons (Fsp3) is 0.600. The van der Waals surface area contributed by atoms with Crippen molar-refractivity contribution < 1.29 is 9.53 Å². The predicted octanol–water partition coefficient (Wildman–Crippen LogP) is 1.33. The molecule has 1 aromatic rings. The predicted molar refractivity (Wildman–Crippen MR) is 77.0 cm³/mol. The lowest BCUT2D eigenvalue weighted by Gasteiger charge is -2.31. The molecule has 20 heavy (non-hydrogen) atoms. The molecule has 1 aliphatic heterocycles. The first kappa shape index (κ1) is 14.8. The number of piperidine rings is 1. The molecule has 5 heteroatoms. The number of pyridine rings is 1. The van der Waals surface area contributed by atoms with Crippen LogP contribution in [0.4, 0.5) is 0 Å². The van der Waals surface area contributed by atoms with Crippen molar-refractivity contribution in [2.24, 2.45) is 7.05 Å². The summed E-state index contributed by atoms with van der Waals surface area (Å²) in [6.07, 6.45) is 3.55. The van der Waals surface area contributed by atoms with Gasteiger partial charge in [0, 0.05) is 44.7 Å². The van der Waals surface area contributed by atoms with Crippen LogP contribution in [0, 0.1) is 6.92 Å². The molecule has 0 bridgehead atoms. The van der Waals surface area contributed by atoms with Gasteiger partial charge in [-0.05, 0) is 26.7 Å². The molecule has 0 unspecified atom stereocenters. The summed E-state index contributed by atoms with van der Waals surface area (Å²) >= 11 is 0. The highest BCUT2D eigenvalue weighted by Crippen LogP contribution is 2.15. The van der Waals surface area contributed by atoms with Gasteiger partial charge in [-0.2, -0.15) is 0 Å². The van der Waals surface area contributed by atoms with Crippen LogP contribution in [0.5, 0.6) is 0 Å². The lowest BCUT2D eigenvalue weighted by molar-refractivity contribution is 0.0145. The van der Waals surface area contributed by atoms with E-state index in [-0.39, 0.29) is 23.0 Å². The molecule has 0 aromatic carbocycles. The molecule has 0 radical (unpaired) electrons. The lowest BCUT2D eigenvalue weighted by Crippen LogP contribution is -2.42. The molecule has 0 aliphatic carbocycles. The average molecular weight is 278 g/mol. The summed E-state index contributed by atoms with van der Waals surface area (Å²) in [5.74, 6) is -0.166. The molecule has 1 amide bonds. The van der Waals surface area contributed by atoms with Crippen LogP contribution in [0.2, 0.25) is 0 Å². The summed E-state index contributed by atoms with van der Waals surface area (Å²) in [5.41, 5.74) is 0.909. The highest BCUT2D eigenvalue weighted by Gasteiger charge is 2.25. The summed E-state index contributed by atoms with van der Waals surface area (Å²) in [5, 5.41) is 0. The Morgan fingerprint density at radius 3 is 2.65 bits per heavy atom. The van der Waals surface area contributed by atoms with Crippen LogP contribution in [0.1, 0.15) is 35.8 Å². The summed E-state index contributed by atoms with van der Waals surface area (Å²) in [4.78, 5) is 26.1. The SMILES string of the molecule is CCOC1CCN(C(=O)c2cn(C)c(C)cc2=O)CC1. The standard InChI is InChI=1S/C15H22N2O3/c1-4-20-12-5-7-17(8-6-12)15(19)13-10-16(3)11(2)9-14(13)18/h9-10,12H,4-8H2,1-3H3. The van der Waals surface area contributed by atoms with Gasteiger partial charge in [0.25, 0.3) is 5.91 Å². The molecule has 1 aromatic heterocycles. The quantitative estimate of drug-likeness (QED) is 0.838. The van der Waals surface area contributed by atoms with Gasteiger partial charge in [-0.3, -0.25) is 9.59 Å². The number of rotatable bonds is 3. The van der Waals surface area contributed by atoms with Crippen molar-refractivity contribution >= 4 is 5.91 Å². The molecule has 5 nitrogen and oxygen atoms in total. The van der Waals surface area contributed by atoms with E-state index in [1.54, 1.807) is 11.1 Å². The van der Waals surface area contributed by atoms with Gasteiger partial charge in [-0.15, -0.1) is 0 Å². The van der Waals surface area contributed by atoms with Gasteiger partial charge in [0.15, 0.2) is 5.43 Å². The molecule has 0 spiro atoms. The molecule has 110 valence electrons. The third-order valence-corrected chi connectivity index (χ3v) is 3.85. The third kappa shape index (κ3) is 3.10. The molecule has 0 N–H and O–H groups in total. The summed E-state index contributed by atoms with van der Waals surface area (Å²) in [6.45, 7) is 5.84. The second-order valence-electron chi connectivity index (χ2n) is 5.25. The first-order valence-electron chi connectivity index (χ1n) is 7.11. The number of likely N-dealkylation sites (tertiary alicyclic amines) is 1. The van der Waals surface area contributed by atoms with E-state index in [1.807, 2.05) is 25.5 Å². The van der Waals surface area contributed by atoms with Crippen LogP contribution in [0.15, 0.2) is 17.1 Å². The van der Waals surface area contributed by atoms with E-state index < -0.39 is 0 Å². The normalized spacial score (nSPS) is 16.4. The summed E-state index contributed by atoms with van der Waals surface area (Å²) in [6, 6.07) is 1.51. The topological polar surface area (TPSA) is 51.5 Å². The molecule has 2 heterocycles. The molecule has 1 fully saturated rings. The Balaban J connectivity index is 2.10. The van der Waals surface area contributed by atoms with E-state index in [0.717, 1.165) is 18.5 Å². The smallest absolute Gasteiger partial charge is 0.259 e. The highest BCUT2D eigenvalue weighted by atomic mass is 16.5. The molecule has 1 aliphatic rings. The molecular formula is C15H22N2O3. The van der Waals surface area contributed by atoms with E-state index >= 15 is 0 Å². The first-order valence-corrected chi connectivity index (χ1v) is 7.11. The molecule has 0 saturated carbocycles. The Hall–Kier alpha value is -1.62. The van der Waals surface area contributed by atoms with Crippen molar-refractivity contribution in [2.75, 3.05) is 19.7 Å². The number of aryl methyl sites for hydroxylation is 2. The second kappa shape index (κ2) is 6.22. The van der Waals surface area contributed by atoms with Crippen LogP contribution in [-0.4, -0.2) is 41.2 Å². The first-order chi connectivity index (χ1) is 9.52. The van der Waals surface area contributed by atoms with E-state index in [9.17, 15) is 9.59 Å². The van der Waals surface area contributed by atoms with E-state index in [1.165, 1.54) is 6.07 Å².